The minimum absolute atomic E-state index is 0.0765. The van der Waals surface area contributed by atoms with Crippen LogP contribution in [0, 0.1) is 11.9 Å². The molecule has 0 bridgehead atoms. The number of anilines is 1. The number of likely N-dealkylation sites (tertiary alicyclic amines) is 1. The molecule has 3 aromatic rings. The van der Waals surface area contributed by atoms with Crippen molar-refractivity contribution in [2.45, 2.75) is 51.4 Å². The molecule has 0 radical (unpaired) electrons. The van der Waals surface area contributed by atoms with Crippen molar-refractivity contribution < 1.29 is 37.0 Å². The zero-order valence-corrected chi connectivity index (χ0v) is 23.6. The number of carbonyl (C=O) groups is 2. The molecule has 2 aromatic heterocycles. The highest BCUT2D eigenvalue weighted by molar-refractivity contribution is 7.19. The van der Waals surface area contributed by atoms with Crippen LogP contribution in [-0.4, -0.2) is 76.2 Å². The number of ether oxygens (including phenoxy) is 1. The zero-order valence-electron chi connectivity index (χ0n) is 22.7. The highest BCUT2D eigenvalue weighted by atomic mass is 32.1. The Morgan fingerprint density at radius 1 is 1.15 bits per heavy atom. The summed E-state index contributed by atoms with van der Waals surface area (Å²) in [5, 5.41) is 14.2. The fourth-order valence-electron chi connectivity index (χ4n) is 4.63. The van der Waals surface area contributed by atoms with Crippen molar-refractivity contribution in [2.24, 2.45) is 5.92 Å². The van der Waals surface area contributed by atoms with Crippen molar-refractivity contribution in [1.82, 2.24) is 20.2 Å². The van der Waals surface area contributed by atoms with Crippen LogP contribution < -0.4 is 10.2 Å². The van der Waals surface area contributed by atoms with Gasteiger partial charge in [0.25, 0.3) is 0 Å². The minimum atomic E-state index is -4.26. The van der Waals surface area contributed by atoms with Gasteiger partial charge in [-0.15, -0.1) is 0 Å². The number of alkyl halides is 3. The number of piperidine rings is 1. The van der Waals surface area contributed by atoms with Crippen molar-refractivity contribution >= 4 is 39.4 Å². The summed E-state index contributed by atoms with van der Waals surface area (Å²) < 4.78 is 58.4. The van der Waals surface area contributed by atoms with E-state index < -0.39 is 41.9 Å². The van der Waals surface area contributed by atoms with Gasteiger partial charge in [0.2, 0.25) is 5.95 Å². The third-order valence-corrected chi connectivity index (χ3v) is 7.65. The van der Waals surface area contributed by atoms with Gasteiger partial charge in [0.05, 0.1) is 23.4 Å². The molecule has 9 nitrogen and oxygen atoms in total. The van der Waals surface area contributed by atoms with Crippen LogP contribution in [0.1, 0.15) is 33.6 Å². The fraction of sp³-hybridized carbons (Fsp3) is 0.481. The van der Waals surface area contributed by atoms with Crippen LogP contribution in [0.5, 0.6) is 0 Å². The molecule has 1 aromatic carbocycles. The van der Waals surface area contributed by atoms with Gasteiger partial charge in [0.1, 0.15) is 5.60 Å². The van der Waals surface area contributed by atoms with Crippen molar-refractivity contribution in [3.05, 3.63) is 42.6 Å². The normalized spacial score (nSPS) is 16.0. The Morgan fingerprint density at radius 2 is 1.85 bits per heavy atom. The SMILES string of the molecule is CC(C)(C)OC(=O)N[C@@H](CN1CCC(C(F)(F)F)CC1)CN(C(=O)O)c1ncc(-c2ccc3cnc(F)cc3c2)s1. The second-order valence-electron chi connectivity index (χ2n) is 10.9. The molecular formula is C27H31F4N5O4S. The second-order valence-corrected chi connectivity index (χ2v) is 11.9. The predicted molar refractivity (Wildman–Crippen MR) is 147 cm³/mol. The number of fused-ring (bicyclic) bond motifs is 1. The lowest BCUT2D eigenvalue weighted by Gasteiger charge is -2.36. The summed E-state index contributed by atoms with van der Waals surface area (Å²) in [5.74, 6) is -2.01. The number of carboxylic acid groups (broad SMARTS) is 1. The van der Waals surface area contributed by atoms with Gasteiger partial charge >= 0.3 is 18.4 Å². The van der Waals surface area contributed by atoms with E-state index in [0.29, 0.717) is 15.8 Å². The molecule has 14 heteroatoms. The highest BCUT2D eigenvalue weighted by Crippen LogP contribution is 2.35. The van der Waals surface area contributed by atoms with E-state index in [-0.39, 0.29) is 44.2 Å². The van der Waals surface area contributed by atoms with Gasteiger partial charge in [-0.1, -0.05) is 23.5 Å². The minimum Gasteiger partial charge on any atom is -0.465 e. The standard InChI is InChI=1S/C27H31F4N5O4S/c1-26(2,3)40-24(37)34-20(14-35-8-6-19(7-9-35)27(29,30)31)15-36(25(38)39)23-33-13-21(41-23)16-4-5-17-12-32-22(28)11-18(17)10-16/h4-5,10-13,19-20H,6-9,14-15H2,1-3H3,(H,34,37)(H,38,39)/t20-/m0/s1. The van der Waals surface area contributed by atoms with Crippen molar-refractivity contribution in [3.63, 3.8) is 0 Å². The molecule has 0 unspecified atom stereocenters. The van der Waals surface area contributed by atoms with Crippen LogP contribution in [-0.2, 0) is 4.74 Å². The molecule has 1 atom stereocenters. The molecule has 1 fully saturated rings. The molecule has 2 amide bonds. The van der Waals surface area contributed by atoms with Crippen LogP contribution >= 0.6 is 11.3 Å². The van der Waals surface area contributed by atoms with Crippen molar-refractivity contribution in [3.8, 4) is 10.4 Å². The molecule has 0 saturated carbocycles. The molecule has 4 rings (SSSR count). The third-order valence-electron chi connectivity index (χ3n) is 6.58. The van der Waals surface area contributed by atoms with E-state index in [1.165, 1.54) is 18.5 Å². The van der Waals surface area contributed by atoms with Crippen LogP contribution in [0.15, 0.2) is 36.7 Å². The number of nitrogens with zero attached hydrogens (tertiary/aromatic N) is 4. The lowest BCUT2D eigenvalue weighted by molar-refractivity contribution is -0.185. The summed E-state index contributed by atoms with van der Waals surface area (Å²) in [4.78, 5) is 36.2. The first kappa shape index (κ1) is 30.4. The van der Waals surface area contributed by atoms with E-state index in [9.17, 15) is 32.3 Å². The van der Waals surface area contributed by atoms with E-state index >= 15 is 0 Å². The molecule has 41 heavy (non-hydrogen) atoms. The summed E-state index contributed by atoms with van der Waals surface area (Å²) in [6.45, 7) is 5.27. The van der Waals surface area contributed by atoms with E-state index in [4.69, 9.17) is 4.74 Å². The Kier molecular flexibility index (Phi) is 9.02. The number of hydrogen-bond donors (Lipinski definition) is 2. The zero-order chi connectivity index (χ0) is 29.9. The molecule has 0 spiro atoms. The summed E-state index contributed by atoms with van der Waals surface area (Å²) >= 11 is 1.10. The maximum atomic E-state index is 13.6. The topological polar surface area (TPSA) is 108 Å². The predicted octanol–water partition coefficient (Wildman–Crippen LogP) is 6.15. The Labute approximate surface area is 238 Å². The van der Waals surface area contributed by atoms with E-state index in [0.717, 1.165) is 21.6 Å². The number of halogens is 4. The summed E-state index contributed by atoms with van der Waals surface area (Å²) in [6.07, 6.45) is -3.58. The molecule has 2 N–H and O–H groups in total. The van der Waals surface area contributed by atoms with Gasteiger partial charge < -0.3 is 20.1 Å². The molecule has 1 aliphatic rings. The Hall–Kier alpha value is -3.52. The average Bonchev–Trinajstić information content (AvgIpc) is 3.35. The number of carbonyl (C=O) groups excluding carboxylic acids is 1. The maximum absolute atomic E-state index is 13.6. The molecule has 3 heterocycles. The van der Waals surface area contributed by atoms with Crippen molar-refractivity contribution in [1.29, 1.82) is 0 Å². The largest absolute Gasteiger partial charge is 0.465 e. The van der Waals surface area contributed by atoms with E-state index in [2.05, 4.69) is 15.3 Å². The number of pyridine rings is 1. The van der Waals surface area contributed by atoms with Crippen molar-refractivity contribution in [2.75, 3.05) is 31.1 Å². The number of aromatic nitrogens is 2. The number of rotatable bonds is 7. The number of benzene rings is 1. The van der Waals surface area contributed by atoms with Gasteiger partial charge in [-0.05, 0) is 63.7 Å². The number of thiazole rings is 1. The fourth-order valence-corrected chi connectivity index (χ4v) is 5.54. The Balaban J connectivity index is 1.53. The van der Waals surface area contributed by atoms with E-state index in [1.54, 1.807) is 43.9 Å². The molecule has 1 aliphatic heterocycles. The number of amides is 2. The monoisotopic (exact) mass is 597 g/mol. The van der Waals surface area contributed by atoms with Gasteiger partial charge in [-0.2, -0.15) is 17.6 Å². The maximum Gasteiger partial charge on any atom is 0.413 e. The van der Waals surface area contributed by atoms with Crippen LogP contribution in [0.3, 0.4) is 0 Å². The Morgan fingerprint density at radius 3 is 2.49 bits per heavy atom. The van der Waals surface area contributed by atoms with Crippen LogP contribution in [0.4, 0.5) is 32.3 Å². The summed E-state index contributed by atoms with van der Waals surface area (Å²) in [5.41, 5.74) is -0.108. The lowest BCUT2D eigenvalue weighted by Crippen LogP contribution is -2.53. The van der Waals surface area contributed by atoms with E-state index in [1.807, 2.05) is 0 Å². The average molecular weight is 598 g/mol. The summed E-state index contributed by atoms with van der Waals surface area (Å²) in [6, 6.07) is 5.82. The quantitative estimate of drug-likeness (QED) is 0.249. The first-order valence-corrected chi connectivity index (χ1v) is 13.8. The molecule has 1 saturated heterocycles. The van der Waals surface area contributed by atoms with Gasteiger partial charge in [-0.3, -0.25) is 4.90 Å². The smallest absolute Gasteiger partial charge is 0.413 e. The second kappa shape index (κ2) is 12.1. The highest BCUT2D eigenvalue weighted by Gasteiger charge is 2.41. The van der Waals surface area contributed by atoms with Gasteiger partial charge in [0, 0.05) is 30.4 Å². The Bertz CT molecular complexity index is 1390. The summed E-state index contributed by atoms with van der Waals surface area (Å²) in [7, 11) is 0. The lowest BCUT2D eigenvalue weighted by atomic mass is 9.96. The van der Waals surface area contributed by atoms with Crippen LogP contribution in [0.25, 0.3) is 21.2 Å². The molecular weight excluding hydrogens is 566 g/mol. The van der Waals surface area contributed by atoms with Gasteiger partial charge in [-0.25, -0.2) is 19.6 Å². The third kappa shape index (κ3) is 8.26. The molecule has 0 aliphatic carbocycles. The number of nitrogens with one attached hydrogen (secondary N) is 1. The van der Waals surface area contributed by atoms with Gasteiger partial charge in [0.15, 0.2) is 5.13 Å². The number of hydrogen-bond acceptors (Lipinski definition) is 7. The molecule has 222 valence electrons. The number of alkyl carbamates (subject to hydrolysis) is 1. The first-order valence-electron chi connectivity index (χ1n) is 13.0. The first-order chi connectivity index (χ1) is 19.2. The van der Waals surface area contributed by atoms with Crippen LogP contribution in [0.2, 0.25) is 0 Å².